The number of nitrogen functional groups attached to an aromatic ring is 1. The number of esters is 1. The summed E-state index contributed by atoms with van der Waals surface area (Å²) in [6.07, 6.45) is 1.46. The largest absolute Gasteiger partial charge is 0.452 e. The fourth-order valence-corrected chi connectivity index (χ4v) is 3.06. The number of nitrogens with zero attached hydrogens (tertiary/aromatic N) is 2. The van der Waals surface area contributed by atoms with E-state index in [2.05, 4.69) is 20.9 Å². The molecule has 11 heteroatoms. The van der Waals surface area contributed by atoms with Crippen LogP contribution in [0.15, 0.2) is 38.3 Å². The smallest absolute Gasteiger partial charge is 0.338 e. The number of benzene rings is 1. The Hall–Kier alpha value is -2.92. The summed E-state index contributed by atoms with van der Waals surface area (Å²) in [6.45, 7) is 1.69. The molecule has 10 nitrogen and oxygen atoms in total. The number of carbonyl (C=O) groups is 2. The van der Waals surface area contributed by atoms with E-state index >= 15 is 0 Å². The third-order valence-corrected chi connectivity index (χ3v) is 4.97. The number of aromatic nitrogens is 2. The van der Waals surface area contributed by atoms with Crippen molar-refractivity contribution in [3.05, 3.63) is 55.1 Å². The van der Waals surface area contributed by atoms with Crippen molar-refractivity contribution >= 4 is 39.3 Å². The number of carbonyl (C=O) groups excluding carboxylic acids is 2. The van der Waals surface area contributed by atoms with Gasteiger partial charge in [0.15, 0.2) is 12.3 Å². The monoisotopic (exact) mass is 496 g/mol. The number of nitrogens with one attached hydrogen (secondary N) is 1. The lowest BCUT2D eigenvalue weighted by atomic mass is 10.2. The van der Waals surface area contributed by atoms with Gasteiger partial charge in [-0.1, -0.05) is 29.3 Å². The first-order chi connectivity index (χ1) is 14.8. The predicted molar refractivity (Wildman–Crippen MR) is 119 cm³/mol. The van der Waals surface area contributed by atoms with Crippen molar-refractivity contribution < 1.29 is 19.1 Å². The summed E-state index contributed by atoms with van der Waals surface area (Å²) < 4.78 is 12.1. The van der Waals surface area contributed by atoms with Gasteiger partial charge in [-0.3, -0.25) is 24.0 Å². The molecule has 0 saturated carbocycles. The molecule has 1 aromatic heterocycles. The van der Waals surface area contributed by atoms with Gasteiger partial charge in [0.1, 0.15) is 5.82 Å². The SMILES string of the molecule is CCCCn1c(N)c(N(CCOC)C(=O)COC(=O)c2ccc(Br)cc2)c(=O)[nH]c1=O. The van der Waals surface area contributed by atoms with E-state index in [1.54, 1.807) is 24.3 Å². The molecular weight excluding hydrogens is 472 g/mol. The second-order valence-electron chi connectivity index (χ2n) is 6.62. The zero-order valence-electron chi connectivity index (χ0n) is 17.4. The Morgan fingerprint density at radius 2 is 1.90 bits per heavy atom. The fourth-order valence-electron chi connectivity index (χ4n) is 2.79. The van der Waals surface area contributed by atoms with Crippen molar-refractivity contribution in [1.29, 1.82) is 0 Å². The number of anilines is 2. The van der Waals surface area contributed by atoms with E-state index in [0.717, 1.165) is 15.8 Å². The molecule has 0 spiro atoms. The van der Waals surface area contributed by atoms with Crippen LogP contribution >= 0.6 is 15.9 Å². The van der Waals surface area contributed by atoms with Crippen molar-refractivity contribution in [1.82, 2.24) is 9.55 Å². The number of hydrogen-bond donors (Lipinski definition) is 2. The van der Waals surface area contributed by atoms with E-state index in [1.165, 1.54) is 11.7 Å². The van der Waals surface area contributed by atoms with E-state index in [-0.39, 0.29) is 36.8 Å². The van der Waals surface area contributed by atoms with Crippen molar-refractivity contribution in [2.45, 2.75) is 26.3 Å². The van der Waals surface area contributed by atoms with Crippen LogP contribution in [0.2, 0.25) is 0 Å². The number of aromatic amines is 1. The van der Waals surface area contributed by atoms with Crippen LogP contribution in [0, 0.1) is 0 Å². The van der Waals surface area contributed by atoms with Gasteiger partial charge in [-0.15, -0.1) is 0 Å². The average Bonchev–Trinajstić information content (AvgIpc) is 2.74. The van der Waals surface area contributed by atoms with Crippen molar-refractivity contribution in [3.8, 4) is 0 Å². The molecule has 1 amide bonds. The fraction of sp³-hybridized carbons (Fsp3) is 0.400. The number of H-pyrrole nitrogens is 1. The lowest BCUT2D eigenvalue weighted by Gasteiger charge is -2.24. The molecule has 168 valence electrons. The maximum atomic E-state index is 12.8. The molecule has 31 heavy (non-hydrogen) atoms. The van der Waals surface area contributed by atoms with E-state index in [9.17, 15) is 19.2 Å². The summed E-state index contributed by atoms with van der Waals surface area (Å²) >= 11 is 3.27. The Balaban J connectivity index is 2.29. The summed E-state index contributed by atoms with van der Waals surface area (Å²) in [4.78, 5) is 53.0. The van der Waals surface area contributed by atoms with Crippen LogP contribution in [0.25, 0.3) is 0 Å². The number of nitrogens with two attached hydrogens (primary N) is 1. The molecule has 0 bridgehead atoms. The molecule has 2 rings (SSSR count). The standard InChI is InChI=1S/C20H25BrN4O6/c1-3-4-9-25-17(22)16(18(27)23-20(25)29)24(10-11-30-2)15(26)12-31-19(28)13-5-7-14(21)8-6-13/h5-8H,3-4,9-12,22H2,1-2H3,(H,23,27,29). The first-order valence-corrected chi connectivity index (χ1v) is 10.4. The van der Waals surface area contributed by atoms with Crippen molar-refractivity contribution in [3.63, 3.8) is 0 Å². The van der Waals surface area contributed by atoms with Crippen LogP contribution < -0.4 is 21.9 Å². The minimum absolute atomic E-state index is 0.0234. The topological polar surface area (TPSA) is 137 Å². The third kappa shape index (κ3) is 6.28. The number of ether oxygens (including phenoxy) is 2. The van der Waals surface area contributed by atoms with Gasteiger partial charge in [0.05, 0.1) is 12.2 Å². The molecular formula is C20H25BrN4O6. The van der Waals surface area contributed by atoms with Crippen LogP contribution in [0.1, 0.15) is 30.1 Å². The molecule has 2 aromatic rings. The molecule has 0 atom stereocenters. The normalized spacial score (nSPS) is 10.7. The van der Waals surface area contributed by atoms with Crippen LogP contribution in [0.5, 0.6) is 0 Å². The Kier molecular flexibility index (Phi) is 9.01. The summed E-state index contributed by atoms with van der Waals surface area (Å²) in [5.41, 5.74) is 4.72. The number of rotatable bonds is 10. The van der Waals surface area contributed by atoms with Gasteiger partial charge in [-0.2, -0.15) is 0 Å². The van der Waals surface area contributed by atoms with E-state index < -0.39 is 29.7 Å². The highest BCUT2D eigenvalue weighted by molar-refractivity contribution is 9.10. The van der Waals surface area contributed by atoms with Gasteiger partial charge in [-0.05, 0) is 30.7 Å². The molecule has 3 N–H and O–H groups in total. The summed E-state index contributed by atoms with van der Waals surface area (Å²) in [5.74, 6) is -1.51. The lowest BCUT2D eigenvalue weighted by molar-refractivity contribution is -0.121. The molecule has 1 aromatic carbocycles. The van der Waals surface area contributed by atoms with Gasteiger partial charge >= 0.3 is 11.7 Å². The third-order valence-electron chi connectivity index (χ3n) is 4.45. The minimum atomic E-state index is -0.807. The summed E-state index contributed by atoms with van der Waals surface area (Å²) in [6, 6.07) is 6.43. The maximum Gasteiger partial charge on any atom is 0.338 e. The first kappa shape index (κ1) is 24.4. The molecule has 0 aliphatic carbocycles. The van der Waals surface area contributed by atoms with E-state index in [4.69, 9.17) is 15.2 Å². The Labute approximate surface area is 187 Å². The average molecular weight is 497 g/mol. The molecule has 0 aliphatic heterocycles. The second kappa shape index (κ2) is 11.5. The second-order valence-corrected chi connectivity index (χ2v) is 7.54. The highest BCUT2D eigenvalue weighted by atomic mass is 79.9. The highest BCUT2D eigenvalue weighted by Gasteiger charge is 2.25. The van der Waals surface area contributed by atoms with Gasteiger partial charge in [0.25, 0.3) is 11.5 Å². The zero-order valence-corrected chi connectivity index (χ0v) is 18.9. The molecule has 0 fully saturated rings. The van der Waals surface area contributed by atoms with E-state index in [1.807, 2.05) is 6.92 Å². The summed E-state index contributed by atoms with van der Waals surface area (Å²) in [7, 11) is 1.44. The van der Waals surface area contributed by atoms with Crippen LogP contribution in [0.4, 0.5) is 11.5 Å². The first-order valence-electron chi connectivity index (χ1n) is 9.64. The molecule has 0 aliphatic rings. The van der Waals surface area contributed by atoms with E-state index in [0.29, 0.717) is 6.42 Å². The van der Waals surface area contributed by atoms with Crippen LogP contribution in [-0.2, 0) is 20.8 Å². The molecule has 0 saturated heterocycles. The maximum absolute atomic E-state index is 12.8. The highest BCUT2D eigenvalue weighted by Crippen LogP contribution is 2.18. The lowest BCUT2D eigenvalue weighted by Crippen LogP contribution is -2.44. The van der Waals surface area contributed by atoms with Crippen LogP contribution in [0.3, 0.4) is 0 Å². The Morgan fingerprint density at radius 1 is 1.23 bits per heavy atom. The number of unbranched alkanes of at least 4 members (excludes halogenated alkanes) is 1. The van der Waals surface area contributed by atoms with Gasteiger partial charge < -0.3 is 15.2 Å². The Morgan fingerprint density at radius 3 is 2.52 bits per heavy atom. The number of halogens is 1. The number of amides is 1. The number of methoxy groups -OCH3 is 1. The van der Waals surface area contributed by atoms with Gasteiger partial charge in [-0.25, -0.2) is 9.59 Å². The van der Waals surface area contributed by atoms with Gasteiger partial charge in [0, 0.05) is 24.7 Å². The molecule has 1 heterocycles. The Bertz CT molecular complexity index is 1030. The van der Waals surface area contributed by atoms with Gasteiger partial charge in [0.2, 0.25) is 0 Å². The molecule has 0 radical (unpaired) electrons. The van der Waals surface area contributed by atoms with Crippen molar-refractivity contribution in [2.24, 2.45) is 0 Å². The molecule has 0 unspecified atom stereocenters. The predicted octanol–water partition coefficient (Wildman–Crippen LogP) is 1.52. The zero-order chi connectivity index (χ0) is 23.0. The quantitative estimate of drug-likeness (QED) is 0.475. The van der Waals surface area contributed by atoms with Crippen LogP contribution in [-0.4, -0.2) is 48.3 Å². The minimum Gasteiger partial charge on any atom is -0.452 e. The van der Waals surface area contributed by atoms with Crippen molar-refractivity contribution in [2.75, 3.05) is 37.5 Å². The summed E-state index contributed by atoms with van der Waals surface area (Å²) in [5, 5.41) is 0. The number of hydrogen-bond acceptors (Lipinski definition) is 7.